The minimum Gasteiger partial charge on any atom is -0.398 e. The molecule has 7 nitrogen and oxygen atoms in total. The maximum Gasteiger partial charge on any atom is 0.256 e. The van der Waals surface area contributed by atoms with Gasteiger partial charge in [0, 0.05) is 54.7 Å². The van der Waals surface area contributed by atoms with E-state index in [1.54, 1.807) is 55.3 Å². The van der Waals surface area contributed by atoms with Gasteiger partial charge in [-0.3, -0.25) is 9.59 Å². The Labute approximate surface area is 217 Å². The van der Waals surface area contributed by atoms with Gasteiger partial charge in [-0.05, 0) is 56.2 Å². The predicted octanol–water partition coefficient (Wildman–Crippen LogP) is 3.99. The molecule has 192 valence electrons. The molecule has 0 aromatic heterocycles. The average Bonchev–Trinajstić information content (AvgIpc) is 2.89. The fourth-order valence-electron chi connectivity index (χ4n) is 4.62. The third-order valence-electron chi connectivity index (χ3n) is 6.18. The Hall–Kier alpha value is -4.22. The summed E-state index contributed by atoms with van der Waals surface area (Å²) in [4.78, 5) is 27.6. The van der Waals surface area contributed by atoms with E-state index in [-0.39, 0.29) is 34.8 Å². The molecule has 1 amide bonds. The van der Waals surface area contributed by atoms with Crippen LogP contribution in [-0.4, -0.2) is 49.3 Å². The molecule has 1 fully saturated rings. The number of hydrogen-bond acceptors (Lipinski definition) is 6. The van der Waals surface area contributed by atoms with E-state index in [0.717, 1.165) is 0 Å². The summed E-state index contributed by atoms with van der Waals surface area (Å²) in [5.74, 6) is -0.835. The van der Waals surface area contributed by atoms with Crippen molar-refractivity contribution in [2.24, 2.45) is 5.73 Å². The van der Waals surface area contributed by atoms with E-state index in [0.29, 0.717) is 47.3 Å². The van der Waals surface area contributed by atoms with Crippen molar-refractivity contribution in [2.75, 3.05) is 25.5 Å². The number of amides is 1. The Kier molecular flexibility index (Phi) is 8.99. The van der Waals surface area contributed by atoms with Gasteiger partial charge in [0.25, 0.3) is 5.91 Å². The van der Waals surface area contributed by atoms with E-state index in [9.17, 15) is 19.2 Å². The van der Waals surface area contributed by atoms with Crippen molar-refractivity contribution < 1.29 is 14.0 Å². The second-order valence-corrected chi connectivity index (χ2v) is 9.05. The number of piperazine rings is 1. The number of carbonyl (C=O) groups excluding carboxylic acids is 2. The lowest BCUT2D eigenvalue weighted by molar-refractivity contribution is -0.128. The molecule has 0 saturated carbocycles. The lowest BCUT2D eigenvalue weighted by Gasteiger charge is -2.36. The molecule has 2 aromatic rings. The zero-order valence-electron chi connectivity index (χ0n) is 21.5. The molecule has 1 heterocycles. The minimum atomic E-state index is -0.623. The zero-order chi connectivity index (χ0) is 27.1. The number of allylic oxidation sites excluding steroid dienone is 3. The van der Waals surface area contributed by atoms with Crippen molar-refractivity contribution in [1.82, 2.24) is 10.2 Å². The zero-order valence-corrected chi connectivity index (χ0v) is 21.5. The van der Waals surface area contributed by atoms with Crippen molar-refractivity contribution in [1.29, 1.82) is 5.26 Å². The van der Waals surface area contributed by atoms with Crippen molar-refractivity contribution in [2.45, 2.75) is 32.9 Å². The van der Waals surface area contributed by atoms with Crippen LogP contribution in [0.3, 0.4) is 0 Å². The molecule has 1 aliphatic rings. The van der Waals surface area contributed by atoms with Gasteiger partial charge in [-0.1, -0.05) is 30.4 Å². The maximum atomic E-state index is 14.0. The number of halogens is 1. The van der Waals surface area contributed by atoms with Crippen molar-refractivity contribution in [3.8, 4) is 17.2 Å². The van der Waals surface area contributed by atoms with Crippen molar-refractivity contribution in [3.05, 3.63) is 82.8 Å². The summed E-state index contributed by atoms with van der Waals surface area (Å²) >= 11 is 0. The van der Waals surface area contributed by atoms with Crippen LogP contribution in [0.2, 0.25) is 0 Å². The highest BCUT2D eigenvalue weighted by Crippen LogP contribution is 2.35. The Bertz CT molecular complexity index is 1310. The molecule has 0 bridgehead atoms. The van der Waals surface area contributed by atoms with Crippen LogP contribution in [0.25, 0.3) is 16.7 Å². The summed E-state index contributed by atoms with van der Waals surface area (Å²) < 4.78 is 14.0. The van der Waals surface area contributed by atoms with Crippen LogP contribution in [-0.2, 0) is 9.59 Å². The number of rotatable bonds is 7. The molecule has 0 radical (unpaired) electrons. The molecule has 0 unspecified atom stereocenters. The van der Waals surface area contributed by atoms with E-state index >= 15 is 0 Å². The quantitative estimate of drug-likeness (QED) is 0.301. The van der Waals surface area contributed by atoms with Gasteiger partial charge in [0.05, 0.1) is 11.1 Å². The highest BCUT2D eigenvalue weighted by molar-refractivity contribution is 6.13. The summed E-state index contributed by atoms with van der Waals surface area (Å²) in [6, 6.07) is 11.7. The standard InChI is InChI=1S/C29H32FN5O2/c1-5-7-24(29(37)35-15-18(2)34-19(3)16-35)26(32)13-22(17-36)28-23(8-6-9-27(28)33-4)20-10-11-25(30)21(12-20)14-31/h5-13,17-19,33-34H,15-16,32H2,1-4H3/b7-5+,22-13+,26-24+/t18-,19+. The SMILES string of the molecule is C/C=C/C(C(=O)N1C[C@@H](C)N[C@@H](C)C1)=C(N)/C=C(\C=O)c1c(NC)cccc1-c1ccc(F)c(C#N)c1. The first kappa shape index (κ1) is 27.4. The molecule has 0 spiro atoms. The Balaban J connectivity index is 2.17. The first-order valence-electron chi connectivity index (χ1n) is 12.1. The fraction of sp³-hybridized carbons (Fsp3) is 0.276. The molecule has 3 rings (SSSR count). The average molecular weight is 502 g/mol. The van der Waals surface area contributed by atoms with Gasteiger partial charge in [-0.2, -0.15) is 5.26 Å². The lowest BCUT2D eigenvalue weighted by Crippen LogP contribution is -2.56. The van der Waals surface area contributed by atoms with E-state index < -0.39 is 5.82 Å². The van der Waals surface area contributed by atoms with Crippen LogP contribution in [0.15, 0.2) is 65.9 Å². The molecule has 1 saturated heterocycles. The van der Waals surface area contributed by atoms with Crippen molar-refractivity contribution >= 4 is 23.5 Å². The van der Waals surface area contributed by atoms with Gasteiger partial charge in [0.2, 0.25) is 0 Å². The summed E-state index contributed by atoms with van der Waals surface area (Å²) in [5, 5.41) is 15.8. The smallest absolute Gasteiger partial charge is 0.256 e. The van der Waals surface area contributed by atoms with Gasteiger partial charge in [-0.25, -0.2) is 4.39 Å². The Morgan fingerprint density at radius 3 is 2.54 bits per heavy atom. The summed E-state index contributed by atoms with van der Waals surface area (Å²) in [7, 11) is 1.72. The molecule has 0 aliphatic carbocycles. The van der Waals surface area contributed by atoms with Gasteiger partial charge in [0.15, 0.2) is 6.29 Å². The van der Waals surface area contributed by atoms with E-state index in [1.807, 2.05) is 19.9 Å². The second-order valence-electron chi connectivity index (χ2n) is 9.05. The van der Waals surface area contributed by atoms with Gasteiger partial charge < -0.3 is 21.3 Å². The van der Waals surface area contributed by atoms with Crippen LogP contribution in [0.4, 0.5) is 10.1 Å². The molecule has 2 aromatic carbocycles. The molecule has 8 heteroatoms. The third-order valence-corrected chi connectivity index (χ3v) is 6.18. The Morgan fingerprint density at radius 2 is 1.95 bits per heavy atom. The topological polar surface area (TPSA) is 111 Å². The van der Waals surface area contributed by atoms with Gasteiger partial charge in [-0.15, -0.1) is 0 Å². The lowest BCUT2D eigenvalue weighted by atomic mass is 9.91. The second kappa shape index (κ2) is 12.2. The maximum absolute atomic E-state index is 14.0. The van der Waals surface area contributed by atoms with E-state index in [4.69, 9.17) is 5.73 Å². The largest absolute Gasteiger partial charge is 0.398 e. The molecule has 1 aliphatic heterocycles. The van der Waals surface area contributed by atoms with Crippen LogP contribution in [0, 0.1) is 17.1 Å². The summed E-state index contributed by atoms with van der Waals surface area (Å²) in [6.07, 6.45) is 5.55. The number of nitrogens with two attached hydrogens (primary N) is 1. The first-order valence-corrected chi connectivity index (χ1v) is 12.1. The van der Waals surface area contributed by atoms with Crippen molar-refractivity contribution in [3.63, 3.8) is 0 Å². The predicted molar refractivity (Wildman–Crippen MR) is 145 cm³/mol. The van der Waals surface area contributed by atoms with Crippen LogP contribution in [0.5, 0.6) is 0 Å². The summed E-state index contributed by atoms with van der Waals surface area (Å²) in [5.41, 5.74) is 9.36. The molecular formula is C29H32FN5O2. The van der Waals surface area contributed by atoms with Gasteiger partial charge >= 0.3 is 0 Å². The number of benzene rings is 2. The molecule has 2 atom stereocenters. The summed E-state index contributed by atoms with van der Waals surface area (Å²) in [6.45, 7) is 6.92. The number of nitriles is 1. The monoisotopic (exact) mass is 501 g/mol. The van der Waals surface area contributed by atoms with Gasteiger partial charge in [0.1, 0.15) is 11.9 Å². The number of nitrogens with zero attached hydrogens (tertiary/aromatic N) is 2. The number of aldehydes is 1. The van der Waals surface area contributed by atoms with E-state index in [2.05, 4.69) is 10.6 Å². The molecular weight excluding hydrogens is 469 g/mol. The van der Waals surface area contributed by atoms with Crippen LogP contribution < -0.4 is 16.4 Å². The number of hydrogen-bond donors (Lipinski definition) is 3. The fourth-order valence-corrected chi connectivity index (χ4v) is 4.62. The number of carbonyl (C=O) groups is 2. The van der Waals surface area contributed by atoms with Crippen LogP contribution >= 0.6 is 0 Å². The number of anilines is 1. The first-order chi connectivity index (χ1) is 17.7. The highest BCUT2D eigenvalue weighted by atomic mass is 19.1. The van der Waals surface area contributed by atoms with Crippen LogP contribution in [0.1, 0.15) is 31.9 Å². The Morgan fingerprint density at radius 1 is 1.24 bits per heavy atom. The van der Waals surface area contributed by atoms with E-state index in [1.165, 1.54) is 18.2 Å². The highest BCUT2D eigenvalue weighted by Gasteiger charge is 2.27. The third kappa shape index (κ3) is 6.13. The normalized spacial score (nSPS) is 18.8. The number of nitrogens with one attached hydrogen (secondary N) is 2. The minimum absolute atomic E-state index is 0.102. The molecule has 37 heavy (non-hydrogen) atoms. The molecule has 4 N–H and O–H groups in total.